The van der Waals surface area contributed by atoms with Gasteiger partial charge in [-0.25, -0.2) is 4.39 Å². The summed E-state index contributed by atoms with van der Waals surface area (Å²) in [6.45, 7) is 5.27. The van der Waals surface area contributed by atoms with Crippen molar-refractivity contribution in [3.63, 3.8) is 0 Å². The van der Waals surface area contributed by atoms with Gasteiger partial charge < -0.3 is 15.4 Å². The smallest absolute Gasteiger partial charge is 0.313 e. The summed E-state index contributed by atoms with van der Waals surface area (Å²) in [4.78, 5) is 12.1. The molecule has 116 valence electrons. The molecule has 1 aliphatic rings. The number of hydrogen-bond acceptors (Lipinski definition) is 5. The maximum atomic E-state index is 14.2. The second-order valence-electron chi connectivity index (χ2n) is 6.04. The first-order valence-electron chi connectivity index (χ1n) is 6.78. The summed E-state index contributed by atoms with van der Waals surface area (Å²) >= 11 is 0. The summed E-state index contributed by atoms with van der Waals surface area (Å²) in [7, 11) is 1.33. The van der Waals surface area contributed by atoms with Crippen LogP contribution in [0.15, 0.2) is 12.1 Å². The molecule has 0 saturated carbocycles. The molecule has 1 unspecified atom stereocenters. The predicted octanol–water partition coefficient (Wildman–Crippen LogP) is 2.31. The maximum Gasteiger partial charge on any atom is 0.313 e. The zero-order valence-corrected chi connectivity index (χ0v) is 12.4. The van der Waals surface area contributed by atoms with Gasteiger partial charge in [-0.3, -0.25) is 10.1 Å². The summed E-state index contributed by atoms with van der Waals surface area (Å²) in [5, 5.41) is 10.9. The molecular formula is C14H20FN3O3. The van der Waals surface area contributed by atoms with Gasteiger partial charge in [-0.05, 0) is 11.8 Å². The summed E-state index contributed by atoms with van der Waals surface area (Å²) in [5.74, 6) is -0.558. The van der Waals surface area contributed by atoms with Gasteiger partial charge in [-0.2, -0.15) is 0 Å². The van der Waals surface area contributed by atoms with Crippen LogP contribution in [0.2, 0.25) is 0 Å². The molecule has 1 aromatic rings. The van der Waals surface area contributed by atoms with E-state index in [2.05, 4.69) is 0 Å². The highest BCUT2D eigenvalue weighted by atomic mass is 19.1. The highest BCUT2D eigenvalue weighted by molar-refractivity contribution is 5.60. The van der Waals surface area contributed by atoms with Gasteiger partial charge in [-0.1, -0.05) is 13.8 Å². The normalized spacial score (nSPS) is 21.2. The SMILES string of the molecule is COc1cc(N2CCC(N)C(C)(C)C2)c(F)cc1[N+](=O)[O-]. The zero-order valence-electron chi connectivity index (χ0n) is 12.4. The van der Waals surface area contributed by atoms with Crippen LogP contribution in [-0.2, 0) is 0 Å². The minimum atomic E-state index is -0.651. The van der Waals surface area contributed by atoms with E-state index in [1.54, 1.807) is 0 Å². The predicted molar refractivity (Wildman–Crippen MR) is 78.2 cm³/mol. The number of halogens is 1. The molecule has 1 fully saturated rings. The fourth-order valence-corrected chi connectivity index (χ4v) is 2.66. The van der Waals surface area contributed by atoms with E-state index >= 15 is 0 Å². The Morgan fingerprint density at radius 3 is 2.71 bits per heavy atom. The van der Waals surface area contributed by atoms with E-state index < -0.39 is 10.7 Å². The molecule has 6 nitrogen and oxygen atoms in total. The molecule has 0 bridgehead atoms. The Bertz CT molecular complexity index is 563. The monoisotopic (exact) mass is 297 g/mol. The average Bonchev–Trinajstić information content (AvgIpc) is 2.41. The summed E-state index contributed by atoms with van der Waals surface area (Å²) in [6.07, 6.45) is 0.742. The number of benzene rings is 1. The number of nitro benzene ring substituents is 1. The lowest BCUT2D eigenvalue weighted by Gasteiger charge is -2.43. The molecule has 2 rings (SSSR count). The maximum absolute atomic E-state index is 14.2. The molecule has 0 amide bonds. The van der Waals surface area contributed by atoms with E-state index in [9.17, 15) is 14.5 Å². The Balaban J connectivity index is 2.38. The Morgan fingerprint density at radius 2 is 2.19 bits per heavy atom. The van der Waals surface area contributed by atoms with Crippen LogP contribution in [0.4, 0.5) is 15.8 Å². The number of rotatable bonds is 3. The third kappa shape index (κ3) is 2.92. The van der Waals surface area contributed by atoms with Gasteiger partial charge in [0.1, 0.15) is 0 Å². The first kappa shape index (κ1) is 15.5. The van der Waals surface area contributed by atoms with Crippen LogP contribution in [0.3, 0.4) is 0 Å². The molecule has 0 aromatic heterocycles. The molecule has 1 aliphatic heterocycles. The Kier molecular flexibility index (Phi) is 4.04. The van der Waals surface area contributed by atoms with Gasteiger partial charge in [0, 0.05) is 25.2 Å². The minimum Gasteiger partial charge on any atom is -0.490 e. The van der Waals surface area contributed by atoms with Crippen LogP contribution in [-0.4, -0.2) is 31.2 Å². The van der Waals surface area contributed by atoms with Gasteiger partial charge in [-0.15, -0.1) is 0 Å². The highest BCUT2D eigenvalue weighted by Crippen LogP contribution is 2.37. The topological polar surface area (TPSA) is 81.6 Å². The first-order chi connectivity index (χ1) is 9.76. The average molecular weight is 297 g/mol. The van der Waals surface area contributed by atoms with Crippen LogP contribution in [0.1, 0.15) is 20.3 Å². The lowest BCUT2D eigenvalue weighted by molar-refractivity contribution is -0.385. The fourth-order valence-electron chi connectivity index (χ4n) is 2.66. The van der Waals surface area contributed by atoms with Gasteiger partial charge in [0.25, 0.3) is 0 Å². The van der Waals surface area contributed by atoms with Crippen LogP contribution >= 0.6 is 0 Å². The number of piperidine rings is 1. The first-order valence-corrected chi connectivity index (χ1v) is 6.78. The van der Waals surface area contributed by atoms with E-state index in [1.165, 1.54) is 13.2 Å². The Morgan fingerprint density at radius 1 is 1.52 bits per heavy atom. The van der Waals surface area contributed by atoms with Crippen LogP contribution in [0.5, 0.6) is 5.75 Å². The minimum absolute atomic E-state index is 0.0526. The lowest BCUT2D eigenvalue weighted by atomic mass is 9.79. The van der Waals surface area contributed by atoms with Crippen molar-refractivity contribution >= 4 is 11.4 Å². The van der Waals surface area contributed by atoms with E-state index in [0.717, 1.165) is 12.5 Å². The number of anilines is 1. The number of nitrogens with two attached hydrogens (primary N) is 1. The second kappa shape index (κ2) is 5.48. The van der Waals surface area contributed by atoms with Crippen molar-refractivity contribution in [2.75, 3.05) is 25.1 Å². The molecule has 1 aromatic carbocycles. The van der Waals surface area contributed by atoms with Crippen molar-refractivity contribution in [2.45, 2.75) is 26.3 Å². The number of nitrogens with zero attached hydrogens (tertiary/aromatic N) is 2. The second-order valence-corrected chi connectivity index (χ2v) is 6.04. The molecule has 1 saturated heterocycles. The fraction of sp³-hybridized carbons (Fsp3) is 0.571. The molecule has 2 N–H and O–H groups in total. The van der Waals surface area contributed by atoms with Crippen LogP contribution in [0, 0.1) is 21.3 Å². The van der Waals surface area contributed by atoms with Crippen molar-refractivity contribution in [3.05, 3.63) is 28.1 Å². The van der Waals surface area contributed by atoms with E-state index in [1.807, 2.05) is 18.7 Å². The summed E-state index contributed by atoms with van der Waals surface area (Å²) in [6, 6.07) is 2.35. The molecular weight excluding hydrogens is 277 g/mol. The standard InChI is InChI=1S/C14H20FN3O3/c1-14(2)8-17(5-4-13(14)16)10-7-12(21-3)11(18(19)20)6-9(10)15/h6-7,13H,4-5,8,16H2,1-3H3. The highest BCUT2D eigenvalue weighted by Gasteiger charge is 2.35. The molecule has 0 spiro atoms. The van der Waals surface area contributed by atoms with Gasteiger partial charge in [0.15, 0.2) is 11.6 Å². The molecule has 21 heavy (non-hydrogen) atoms. The van der Waals surface area contributed by atoms with Crippen LogP contribution < -0.4 is 15.4 Å². The van der Waals surface area contributed by atoms with Crippen molar-refractivity contribution in [1.82, 2.24) is 0 Å². The molecule has 0 aliphatic carbocycles. The number of ether oxygens (including phenoxy) is 1. The summed E-state index contributed by atoms with van der Waals surface area (Å²) in [5.41, 5.74) is 5.87. The van der Waals surface area contributed by atoms with Crippen molar-refractivity contribution in [1.29, 1.82) is 0 Å². The largest absolute Gasteiger partial charge is 0.490 e. The lowest BCUT2D eigenvalue weighted by Crippen LogP contribution is -2.52. The molecule has 7 heteroatoms. The van der Waals surface area contributed by atoms with E-state index in [-0.39, 0.29) is 22.9 Å². The molecule has 0 radical (unpaired) electrons. The molecule has 1 atom stereocenters. The van der Waals surface area contributed by atoms with Gasteiger partial charge >= 0.3 is 5.69 Å². The van der Waals surface area contributed by atoms with E-state index in [4.69, 9.17) is 10.5 Å². The van der Waals surface area contributed by atoms with E-state index in [0.29, 0.717) is 18.8 Å². The van der Waals surface area contributed by atoms with Crippen molar-refractivity contribution in [2.24, 2.45) is 11.1 Å². The van der Waals surface area contributed by atoms with Gasteiger partial charge in [0.2, 0.25) is 0 Å². The Hall–Kier alpha value is -1.89. The summed E-state index contributed by atoms with van der Waals surface area (Å²) < 4.78 is 19.2. The number of nitro groups is 1. The van der Waals surface area contributed by atoms with Crippen molar-refractivity contribution in [3.8, 4) is 5.75 Å². The quantitative estimate of drug-likeness (QED) is 0.684. The third-order valence-electron chi connectivity index (χ3n) is 4.10. The zero-order chi connectivity index (χ0) is 15.8. The van der Waals surface area contributed by atoms with Crippen molar-refractivity contribution < 1.29 is 14.1 Å². The third-order valence-corrected chi connectivity index (χ3v) is 4.10. The van der Waals surface area contributed by atoms with Gasteiger partial charge in [0.05, 0.1) is 23.8 Å². The molecule has 1 heterocycles. The van der Waals surface area contributed by atoms with Crippen LogP contribution in [0.25, 0.3) is 0 Å². The number of methoxy groups -OCH3 is 1. The number of hydrogen-bond donors (Lipinski definition) is 1. The Labute approximate surface area is 122 Å².